The Hall–Kier alpha value is -2.08. The van der Waals surface area contributed by atoms with Crippen molar-refractivity contribution in [3.8, 4) is 0 Å². The Morgan fingerprint density at radius 3 is 2.84 bits per heavy atom. The van der Waals surface area contributed by atoms with E-state index < -0.39 is 0 Å². The molecular formula is C19H29N5O. The molecular weight excluding hydrogens is 314 g/mol. The van der Waals surface area contributed by atoms with E-state index in [2.05, 4.69) is 31.7 Å². The lowest BCUT2D eigenvalue weighted by molar-refractivity contribution is 0.0732. The minimum atomic E-state index is 0.381. The minimum absolute atomic E-state index is 0.381. The van der Waals surface area contributed by atoms with E-state index in [9.17, 15) is 0 Å². The third kappa shape index (κ3) is 4.51. The van der Waals surface area contributed by atoms with Crippen molar-refractivity contribution in [3.63, 3.8) is 0 Å². The van der Waals surface area contributed by atoms with E-state index in [1.54, 1.807) is 7.11 Å². The molecule has 1 aliphatic rings. The minimum Gasteiger partial charge on any atom is -0.385 e. The molecule has 1 aromatic heterocycles. The van der Waals surface area contributed by atoms with Crippen molar-refractivity contribution in [2.75, 3.05) is 33.9 Å². The SMILES string of the molecule is CN=C(NCCc1nc2ccccc2[nH]1)NCC1(CCOC)CCC1. The zero-order valence-corrected chi connectivity index (χ0v) is 15.3. The highest BCUT2D eigenvalue weighted by Gasteiger charge is 2.36. The molecule has 3 rings (SSSR count). The van der Waals surface area contributed by atoms with Crippen molar-refractivity contribution in [1.29, 1.82) is 0 Å². The van der Waals surface area contributed by atoms with Crippen LogP contribution in [0.1, 0.15) is 31.5 Å². The maximum atomic E-state index is 5.26. The lowest BCUT2D eigenvalue weighted by Gasteiger charge is -2.42. The van der Waals surface area contributed by atoms with Crippen LogP contribution in [0, 0.1) is 5.41 Å². The van der Waals surface area contributed by atoms with Crippen LogP contribution >= 0.6 is 0 Å². The van der Waals surface area contributed by atoms with Crippen LogP contribution in [0.15, 0.2) is 29.3 Å². The number of aromatic nitrogens is 2. The number of rotatable bonds is 8. The lowest BCUT2D eigenvalue weighted by Crippen LogP contribution is -2.47. The van der Waals surface area contributed by atoms with Gasteiger partial charge in [0, 0.05) is 40.3 Å². The quantitative estimate of drug-likeness (QED) is 0.508. The molecule has 1 saturated carbocycles. The standard InChI is InChI=1S/C19H29N5O/c1-20-18(22-14-19(9-5-10-19)11-13-25-2)21-12-8-17-23-15-6-3-4-7-16(15)24-17/h3-4,6-7H,5,8-14H2,1-2H3,(H,23,24)(H2,20,21,22). The van der Waals surface area contributed by atoms with Crippen molar-refractivity contribution in [3.05, 3.63) is 30.1 Å². The number of hydrogen-bond donors (Lipinski definition) is 3. The Morgan fingerprint density at radius 1 is 1.32 bits per heavy atom. The Labute approximate surface area is 149 Å². The largest absolute Gasteiger partial charge is 0.385 e. The number of hydrogen-bond acceptors (Lipinski definition) is 3. The maximum Gasteiger partial charge on any atom is 0.191 e. The Morgan fingerprint density at radius 2 is 2.16 bits per heavy atom. The molecule has 0 saturated heterocycles. The number of imidazole rings is 1. The number of ether oxygens (including phenoxy) is 1. The van der Waals surface area contributed by atoms with E-state index in [0.717, 1.165) is 55.4 Å². The van der Waals surface area contributed by atoms with Gasteiger partial charge in [0.15, 0.2) is 5.96 Å². The van der Waals surface area contributed by atoms with Crippen LogP contribution in [0.4, 0.5) is 0 Å². The topological polar surface area (TPSA) is 74.3 Å². The van der Waals surface area contributed by atoms with Crippen LogP contribution in [-0.4, -0.2) is 49.8 Å². The molecule has 1 aliphatic carbocycles. The van der Waals surface area contributed by atoms with Crippen LogP contribution in [0.5, 0.6) is 0 Å². The number of H-pyrrole nitrogens is 1. The van der Waals surface area contributed by atoms with E-state index in [-0.39, 0.29) is 0 Å². The van der Waals surface area contributed by atoms with Gasteiger partial charge in [-0.3, -0.25) is 4.99 Å². The summed E-state index contributed by atoms with van der Waals surface area (Å²) in [4.78, 5) is 12.3. The third-order valence-electron chi connectivity index (χ3n) is 5.20. The summed E-state index contributed by atoms with van der Waals surface area (Å²) in [5.41, 5.74) is 2.49. The van der Waals surface area contributed by atoms with Crippen molar-refractivity contribution < 1.29 is 4.74 Å². The molecule has 0 amide bonds. The lowest BCUT2D eigenvalue weighted by atomic mass is 9.67. The highest BCUT2D eigenvalue weighted by atomic mass is 16.5. The van der Waals surface area contributed by atoms with Crippen LogP contribution in [0.2, 0.25) is 0 Å². The third-order valence-corrected chi connectivity index (χ3v) is 5.20. The zero-order valence-electron chi connectivity index (χ0n) is 15.3. The smallest absolute Gasteiger partial charge is 0.191 e. The molecule has 1 fully saturated rings. The van der Waals surface area contributed by atoms with Gasteiger partial charge in [-0.1, -0.05) is 18.6 Å². The fourth-order valence-electron chi connectivity index (χ4n) is 3.43. The average Bonchev–Trinajstić information content (AvgIpc) is 3.01. The van der Waals surface area contributed by atoms with Gasteiger partial charge >= 0.3 is 0 Å². The second-order valence-electron chi connectivity index (χ2n) is 6.90. The average molecular weight is 343 g/mol. The highest BCUT2D eigenvalue weighted by molar-refractivity contribution is 5.79. The highest BCUT2D eigenvalue weighted by Crippen LogP contribution is 2.43. The van der Waals surface area contributed by atoms with Crippen LogP contribution in [-0.2, 0) is 11.2 Å². The summed E-state index contributed by atoms with van der Waals surface area (Å²) in [6.07, 6.45) is 5.83. The first-order chi connectivity index (χ1) is 12.2. The number of nitrogens with one attached hydrogen (secondary N) is 3. The summed E-state index contributed by atoms with van der Waals surface area (Å²) < 4.78 is 5.26. The fraction of sp³-hybridized carbons (Fsp3) is 0.579. The van der Waals surface area contributed by atoms with Gasteiger partial charge in [-0.15, -0.1) is 0 Å². The summed E-state index contributed by atoms with van der Waals surface area (Å²) in [6.45, 7) is 2.59. The molecule has 0 bridgehead atoms. The first-order valence-electron chi connectivity index (χ1n) is 9.12. The molecule has 0 spiro atoms. The fourth-order valence-corrected chi connectivity index (χ4v) is 3.43. The molecule has 0 radical (unpaired) electrons. The van der Waals surface area contributed by atoms with Gasteiger partial charge in [0.25, 0.3) is 0 Å². The van der Waals surface area contributed by atoms with Crippen molar-refractivity contribution in [2.45, 2.75) is 32.1 Å². The molecule has 136 valence electrons. The maximum absolute atomic E-state index is 5.26. The molecule has 0 atom stereocenters. The number of benzene rings is 1. The van der Waals surface area contributed by atoms with Crippen LogP contribution in [0.3, 0.4) is 0 Å². The van der Waals surface area contributed by atoms with Gasteiger partial charge in [0.1, 0.15) is 5.82 Å². The summed E-state index contributed by atoms with van der Waals surface area (Å²) >= 11 is 0. The molecule has 3 N–H and O–H groups in total. The number of fused-ring (bicyclic) bond motifs is 1. The van der Waals surface area contributed by atoms with Crippen LogP contribution < -0.4 is 10.6 Å². The van der Waals surface area contributed by atoms with Gasteiger partial charge in [0.05, 0.1) is 11.0 Å². The molecule has 0 aliphatic heterocycles. The molecule has 0 unspecified atom stereocenters. The van der Waals surface area contributed by atoms with Gasteiger partial charge in [0.2, 0.25) is 0 Å². The predicted octanol–water partition coefficient (Wildman–Crippen LogP) is 2.48. The predicted molar refractivity (Wildman–Crippen MR) is 102 cm³/mol. The molecule has 6 heteroatoms. The summed E-state index contributed by atoms with van der Waals surface area (Å²) in [5, 5.41) is 6.87. The van der Waals surface area contributed by atoms with Crippen molar-refractivity contribution in [2.24, 2.45) is 10.4 Å². The number of para-hydroxylation sites is 2. The van der Waals surface area contributed by atoms with E-state index in [0.29, 0.717) is 5.41 Å². The monoisotopic (exact) mass is 343 g/mol. The van der Waals surface area contributed by atoms with Gasteiger partial charge in [-0.25, -0.2) is 4.98 Å². The van der Waals surface area contributed by atoms with Crippen LogP contribution in [0.25, 0.3) is 11.0 Å². The van der Waals surface area contributed by atoms with E-state index in [1.807, 2.05) is 25.2 Å². The molecule has 1 heterocycles. The number of nitrogens with zero attached hydrogens (tertiary/aromatic N) is 2. The number of methoxy groups -OCH3 is 1. The van der Waals surface area contributed by atoms with E-state index in [1.165, 1.54) is 19.3 Å². The molecule has 1 aromatic carbocycles. The Kier molecular flexibility index (Phi) is 5.91. The Balaban J connectivity index is 1.44. The summed E-state index contributed by atoms with van der Waals surface area (Å²) in [5.74, 6) is 1.86. The van der Waals surface area contributed by atoms with Gasteiger partial charge < -0.3 is 20.4 Å². The molecule has 2 aromatic rings. The second-order valence-corrected chi connectivity index (χ2v) is 6.90. The number of guanidine groups is 1. The van der Waals surface area contributed by atoms with Gasteiger partial charge in [-0.2, -0.15) is 0 Å². The van der Waals surface area contributed by atoms with E-state index in [4.69, 9.17) is 4.74 Å². The summed E-state index contributed by atoms with van der Waals surface area (Å²) in [7, 11) is 3.59. The molecule has 6 nitrogen and oxygen atoms in total. The zero-order chi connectivity index (χ0) is 17.5. The normalized spacial score (nSPS) is 16.6. The second kappa shape index (κ2) is 8.34. The Bertz CT molecular complexity index is 672. The molecule has 25 heavy (non-hydrogen) atoms. The van der Waals surface area contributed by atoms with E-state index >= 15 is 0 Å². The number of aliphatic imine (C=N–C) groups is 1. The first kappa shape index (κ1) is 17.7. The van der Waals surface area contributed by atoms with Crippen molar-refractivity contribution >= 4 is 17.0 Å². The summed E-state index contributed by atoms with van der Waals surface area (Å²) in [6, 6.07) is 8.12. The number of aromatic amines is 1. The van der Waals surface area contributed by atoms with Crippen molar-refractivity contribution in [1.82, 2.24) is 20.6 Å². The van der Waals surface area contributed by atoms with Gasteiger partial charge in [-0.05, 0) is 36.8 Å². The first-order valence-corrected chi connectivity index (χ1v) is 9.12.